The van der Waals surface area contributed by atoms with Crippen molar-refractivity contribution in [3.8, 4) is 0 Å². The van der Waals surface area contributed by atoms with Gasteiger partial charge >= 0.3 is 5.97 Å². The molecule has 22 heavy (non-hydrogen) atoms. The molecule has 0 bridgehead atoms. The van der Waals surface area contributed by atoms with Gasteiger partial charge in [-0.15, -0.1) is 12.4 Å². The van der Waals surface area contributed by atoms with Gasteiger partial charge < -0.3 is 10.0 Å². The lowest BCUT2D eigenvalue weighted by Crippen LogP contribution is -2.49. The molecule has 2 rings (SSSR count). The monoisotopic (exact) mass is 332 g/mol. The highest BCUT2D eigenvalue weighted by atomic mass is 35.5. The molecule has 0 aromatic carbocycles. The van der Waals surface area contributed by atoms with Crippen LogP contribution < -0.4 is 0 Å². The first-order valence-corrected chi connectivity index (χ1v) is 8.28. The molecule has 6 heteroatoms. The van der Waals surface area contributed by atoms with Crippen LogP contribution in [0.1, 0.15) is 46.0 Å². The zero-order valence-corrected chi connectivity index (χ0v) is 14.5. The van der Waals surface area contributed by atoms with Crippen LogP contribution in [0, 0.1) is 11.8 Å². The fourth-order valence-electron chi connectivity index (χ4n) is 3.69. The summed E-state index contributed by atoms with van der Waals surface area (Å²) in [5.74, 6) is 0.258. The molecule has 1 N–H and O–H groups in total. The highest BCUT2D eigenvalue weighted by molar-refractivity contribution is 5.85. The average molecular weight is 333 g/mol. The van der Waals surface area contributed by atoms with Gasteiger partial charge in [0.1, 0.15) is 6.04 Å². The van der Waals surface area contributed by atoms with Gasteiger partial charge in [0.2, 0.25) is 5.91 Å². The zero-order valence-electron chi connectivity index (χ0n) is 13.7. The molecular weight excluding hydrogens is 304 g/mol. The highest BCUT2D eigenvalue weighted by Gasteiger charge is 2.33. The quantitative estimate of drug-likeness (QED) is 0.857. The maximum Gasteiger partial charge on any atom is 0.320 e. The second kappa shape index (κ2) is 8.73. The first-order chi connectivity index (χ1) is 10.0. The summed E-state index contributed by atoms with van der Waals surface area (Å²) in [7, 11) is 0. The van der Waals surface area contributed by atoms with E-state index in [1.54, 1.807) is 0 Å². The molecular formula is C16H29ClN2O3. The van der Waals surface area contributed by atoms with Crippen molar-refractivity contribution in [3.05, 3.63) is 0 Å². The number of carbonyl (C=O) groups is 2. The second-order valence-corrected chi connectivity index (χ2v) is 6.60. The van der Waals surface area contributed by atoms with E-state index in [9.17, 15) is 14.7 Å². The van der Waals surface area contributed by atoms with Crippen molar-refractivity contribution in [2.24, 2.45) is 11.8 Å². The number of piperidine rings is 2. The van der Waals surface area contributed by atoms with E-state index in [1.165, 1.54) is 6.42 Å². The molecule has 0 spiro atoms. The second-order valence-electron chi connectivity index (χ2n) is 6.60. The van der Waals surface area contributed by atoms with E-state index in [0.717, 1.165) is 45.4 Å². The lowest BCUT2D eigenvalue weighted by atomic mass is 9.92. The van der Waals surface area contributed by atoms with E-state index in [0.29, 0.717) is 18.2 Å². The third-order valence-electron chi connectivity index (χ3n) is 4.96. The summed E-state index contributed by atoms with van der Waals surface area (Å²) in [6.07, 6.45) is 4.56. The van der Waals surface area contributed by atoms with Gasteiger partial charge in [-0.2, -0.15) is 0 Å². The Hall–Kier alpha value is -0.810. The number of hydrogen-bond donors (Lipinski definition) is 1. The highest BCUT2D eigenvalue weighted by Crippen LogP contribution is 2.25. The van der Waals surface area contributed by atoms with Crippen LogP contribution >= 0.6 is 12.4 Å². The molecule has 2 aliphatic heterocycles. The first kappa shape index (κ1) is 19.2. The number of aliphatic carboxylic acids is 1. The summed E-state index contributed by atoms with van der Waals surface area (Å²) in [5, 5.41) is 9.22. The molecule has 1 amide bonds. The molecule has 5 nitrogen and oxygen atoms in total. The van der Waals surface area contributed by atoms with E-state index < -0.39 is 12.0 Å². The minimum absolute atomic E-state index is 0. The zero-order chi connectivity index (χ0) is 15.4. The molecule has 0 aromatic rings. The molecule has 128 valence electrons. The van der Waals surface area contributed by atoms with Crippen molar-refractivity contribution >= 4 is 24.3 Å². The van der Waals surface area contributed by atoms with Gasteiger partial charge in [-0.3, -0.25) is 14.5 Å². The minimum Gasteiger partial charge on any atom is -0.480 e. The number of carboxylic acids is 1. The van der Waals surface area contributed by atoms with Gasteiger partial charge in [0, 0.05) is 19.0 Å². The maximum atomic E-state index is 12.6. The van der Waals surface area contributed by atoms with Gasteiger partial charge in [0.05, 0.1) is 0 Å². The Morgan fingerprint density at radius 3 is 2.32 bits per heavy atom. The molecule has 2 atom stereocenters. The standard InChI is InChI=1S/C16H28N2O3.ClH/c1-3-14(16(20)21)17-9-6-13(7-10-17)15(19)18-8-4-5-12(2)11-18;/h12-14H,3-11H2,1-2H3,(H,20,21);1H. The number of rotatable bonds is 4. The molecule has 0 radical (unpaired) electrons. The number of carboxylic acid groups (broad SMARTS) is 1. The predicted octanol–water partition coefficient (Wildman–Crippen LogP) is 2.24. The van der Waals surface area contributed by atoms with Crippen LogP contribution in [-0.2, 0) is 9.59 Å². The third-order valence-corrected chi connectivity index (χ3v) is 4.96. The van der Waals surface area contributed by atoms with Crippen molar-refractivity contribution in [1.29, 1.82) is 0 Å². The lowest BCUT2D eigenvalue weighted by Gasteiger charge is -2.38. The molecule has 2 heterocycles. The van der Waals surface area contributed by atoms with Gasteiger partial charge in [-0.05, 0) is 51.1 Å². The van der Waals surface area contributed by atoms with E-state index in [2.05, 4.69) is 6.92 Å². The molecule has 0 aromatic heterocycles. The summed E-state index contributed by atoms with van der Waals surface area (Å²) in [4.78, 5) is 27.8. The van der Waals surface area contributed by atoms with Gasteiger partial charge in [0.25, 0.3) is 0 Å². The van der Waals surface area contributed by atoms with E-state index in [4.69, 9.17) is 0 Å². The van der Waals surface area contributed by atoms with E-state index in [-0.39, 0.29) is 18.3 Å². The molecule has 0 saturated carbocycles. The Kier molecular flexibility index (Phi) is 7.63. The first-order valence-electron chi connectivity index (χ1n) is 8.28. The summed E-state index contributed by atoms with van der Waals surface area (Å²) < 4.78 is 0. The van der Waals surface area contributed by atoms with Gasteiger partial charge in [0.15, 0.2) is 0 Å². The fraction of sp³-hybridized carbons (Fsp3) is 0.875. The van der Waals surface area contributed by atoms with Crippen LogP contribution in [0.2, 0.25) is 0 Å². The Bertz CT molecular complexity index is 384. The lowest BCUT2D eigenvalue weighted by molar-refractivity contribution is -0.145. The number of carbonyl (C=O) groups excluding carboxylic acids is 1. The van der Waals surface area contributed by atoms with Crippen molar-refractivity contribution < 1.29 is 14.7 Å². The molecule has 0 aliphatic carbocycles. The van der Waals surface area contributed by atoms with E-state index in [1.807, 2.05) is 16.7 Å². The summed E-state index contributed by atoms with van der Waals surface area (Å²) in [6, 6.07) is -0.393. The number of hydrogen-bond acceptors (Lipinski definition) is 3. The number of halogens is 1. The Morgan fingerprint density at radius 2 is 1.82 bits per heavy atom. The van der Waals surface area contributed by atoms with Crippen LogP contribution in [0.25, 0.3) is 0 Å². The summed E-state index contributed by atoms with van der Waals surface area (Å²) in [6.45, 7) is 7.36. The Labute approximate surface area is 139 Å². The molecule has 2 aliphatic rings. The van der Waals surface area contributed by atoms with Gasteiger partial charge in [-0.25, -0.2) is 0 Å². The van der Waals surface area contributed by atoms with Crippen molar-refractivity contribution in [2.75, 3.05) is 26.2 Å². The normalized spacial score (nSPS) is 25.4. The largest absolute Gasteiger partial charge is 0.480 e. The molecule has 2 fully saturated rings. The summed E-state index contributed by atoms with van der Waals surface area (Å²) >= 11 is 0. The fourth-order valence-corrected chi connectivity index (χ4v) is 3.69. The summed E-state index contributed by atoms with van der Waals surface area (Å²) in [5.41, 5.74) is 0. The van der Waals surface area contributed by atoms with Crippen LogP contribution in [0.3, 0.4) is 0 Å². The van der Waals surface area contributed by atoms with Crippen molar-refractivity contribution in [2.45, 2.75) is 52.0 Å². The van der Waals surface area contributed by atoms with Crippen molar-refractivity contribution in [3.63, 3.8) is 0 Å². The van der Waals surface area contributed by atoms with Crippen LogP contribution in [0.5, 0.6) is 0 Å². The topological polar surface area (TPSA) is 60.9 Å². The smallest absolute Gasteiger partial charge is 0.320 e. The van der Waals surface area contributed by atoms with Crippen LogP contribution in [-0.4, -0.2) is 59.0 Å². The SMILES string of the molecule is CCC(C(=O)O)N1CCC(C(=O)N2CCCC(C)C2)CC1.Cl. The average Bonchev–Trinajstić information content (AvgIpc) is 2.47. The van der Waals surface area contributed by atoms with Crippen molar-refractivity contribution in [1.82, 2.24) is 9.80 Å². The number of nitrogens with zero attached hydrogens (tertiary/aromatic N) is 2. The molecule has 2 saturated heterocycles. The Morgan fingerprint density at radius 1 is 1.18 bits per heavy atom. The predicted molar refractivity (Wildman–Crippen MR) is 88.2 cm³/mol. The van der Waals surface area contributed by atoms with Crippen LogP contribution in [0.15, 0.2) is 0 Å². The van der Waals surface area contributed by atoms with Gasteiger partial charge in [-0.1, -0.05) is 13.8 Å². The Balaban J connectivity index is 0.00000242. The third kappa shape index (κ3) is 4.59. The van der Waals surface area contributed by atoms with Crippen LogP contribution in [0.4, 0.5) is 0 Å². The van der Waals surface area contributed by atoms with E-state index >= 15 is 0 Å². The number of amides is 1. The molecule has 2 unspecified atom stereocenters. The number of likely N-dealkylation sites (tertiary alicyclic amines) is 2. The minimum atomic E-state index is -0.743. The maximum absolute atomic E-state index is 12.6.